The fraction of sp³-hybridized carbons (Fsp3) is 0.462. The van der Waals surface area contributed by atoms with E-state index >= 15 is 0 Å². The summed E-state index contributed by atoms with van der Waals surface area (Å²) in [6, 6.07) is 13.3. The molecule has 3 amide bonds. The van der Waals surface area contributed by atoms with Gasteiger partial charge in [0.15, 0.2) is 11.5 Å². The molecule has 1 spiro atoms. The van der Waals surface area contributed by atoms with E-state index in [0.717, 1.165) is 16.8 Å². The SMILES string of the molecule is COc1ccc(CCN2C(=O)[C@@H](C)NC23CCN(C(=O)Nc2ccc(C)cc2)CC3)cc1OC. The van der Waals surface area contributed by atoms with Gasteiger partial charge in [-0.25, -0.2) is 4.79 Å². The first-order valence-corrected chi connectivity index (χ1v) is 11.8. The van der Waals surface area contributed by atoms with E-state index < -0.39 is 5.66 Å². The average Bonchev–Trinajstić information content (AvgIpc) is 3.07. The van der Waals surface area contributed by atoms with Crippen molar-refractivity contribution in [1.29, 1.82) is 0 Å². The van der Waals surface area contributed by atoms with Crippen molar-refractivity contribution in [1.82, 2.24) is 15.1 Å². The van der Waals surface area contributed by atoms with Gasteiger partial charge in [-0.3, -0.25) is 10.1 Å². The van der Waals surface area contributed by atoms with Gasteiger partial charge in [-0.2, -0.15) is 0 Å². The number of methoxy groups -OCH3 is 2. The molecule has 0 aromatic heterocycles. The third-order valence-corrected chi connectivity index (χ3v) is 6.89. The van der Waals surface area contributed by atoms with Gasteiger partial charge in [0.2, 0.25) is 5.91 Å². The molecule has 2 fully saturated rings. The molecule has 2 heterocycles. The van der Waals surface area contributed by atoms with E-state index in [0.29, 0.717) is 50.4 Å². The number of carbonyl (C=O) groups is 2. The minimum absolute atomic E-state index is 0.104. The molecule has 0 saturated carbocycles. The highest BCUT2D eigenvalue weighted by molar-refractivity contribution is 5.89. The Kier molecular flexibility index (Phi) is 6.97. The molecule has 2 aromatic rings. The number of likely N-dealkylation sites (tertiary alicyclic amines) is 1. The third kappa shape index (κ3) is 4.82. The summed E-state index contributed by atoms with van der Waals surface area (Å²) in [4.78, 5) is 29.6. The first-order valence-electron chi connectivity index (χ1n) is 11.8. The third-order valence-electron chi connectivity index (χ3n) is 6.89. The van der Waals surface area contributed by atoms with E-state index in [2.05, 4.69) is 10.6 Å². The summed E-state index contributed by atoms with van der Waals surface area (Å²) in [6.07, 6.45) is 2.09. The van der Waals surface area contributed by atoms with Crippen molar-refractivity contribution in [3.05, 3.63) is 53.6 Å². The van der Waals surface area contributed by atoms with Crippen LogP contribution in [0, 0.1) is 6.92 Å². The largest absolute Gasteiger partial charge is 0.493 e. The van der Waals surface area contributed by atoms with E-state index in [9.17, 15) is 9.59 Å². The zero-order valence-corrected chi connectivity index (χ0v) is 20.4. The Bertz CT molecular complexity index is 1030. The lowest BCUT2D eigenvalue weighted by Gasteiger charge is -2.44. The molecule has 2 aromatic carbocycles. The van der Waals surface area contributed by atoms with E-state index in [1.807, 2.05) is 66.1 Å². The number of benzene rings is 2. The number of hydrogen-bond acceptors (Lipinski definition) is 5. The quantitative estimate of drug-likeness (QED) is 0.682. The molecule has 2 aliphatic rings. The number of carbonyl (C=O) groups excluding carboxylic acids is 2. The maximum atomic E-state index is 13.0. The summed E-state index contributed by atoms with van der Waals surface area (Å²) in [5.74, 6) is 1.48. The Morgan fingerprint density at radius 1 is 1.09 bits per heavy atom. The molecule has 34 heavy (non-hydrogen) atoms. The van der Waals surface area contributed by atoms with Crippen molar-refractivity contribution in [2.45, 2.75) is 44.8 Å². The second-order valence-electron chi connectivity index (χ2n) is 9.11. The molecule has 0 radical (unpaired) electrons. The summed E-state index contributed by atoms with van der Waals surface area (Å²) >= 11 is 0. The lowest BCUT2D eigenvalue weighted by Crippen LogP contribution is -2.60. The predicted octanol–water partition coefficient (Wildman–Crippen LogP) is 3.40. The Balaban J connectivity index is 1.40. The highest BCUT2D eigenvalue weighted by atomic mass is 16.5. The van der Waals surface area contributed by atoms with Gasteiger partial charge in [0.25, 0.3) is 0 Å². The van der Waals surface area contributed by atoms with Crippen molar-refractivity contribution in [3.8, 4) is 11.5 Å². The van der Waals surface area contributed by atoms with E-state index in [4.69, 9.17) is 9.47 Å². The molecule has 8 nitrogen and oxygen atoms in total. The van der Waals surface area contributed by atoms with Crippen molar-refractivity contribution < 1.29 is 19.1 Å². The number of piperidine rings is 1. The number of aryl methyl sites for hydroxylation is 1. The van der Waals surface area contributed by atoms with Gasteiger partial charge in [0, 0.05) is 38.2 Å². The molecule has 2 N–H and O–H groups in total. The molecule has 0 bridgehead atoms. The first-order chi connectivity index (χ1) is 16.3. The number of amides is 3. The van der Waals surface area contributed by atoms with E-state index in [1.54, 1.807) is 14.2 Å². The molecule has 8 heteroatoms. The molecule has 4 rings (SSSR count). The highest BCUT2D eigenvalue weighted by Crippen LogP contribution is 2.33. The Morgan fingerprint density at radius 2 is 1.76 bits per heavy atom. The molecule has 1 atom stereocenters. The van der Waals surface area contributed by atoms with Gasteiger partial charge in [-0.1, -0.05) is 23.8 Å². The molecular formula is C26H34N4O4. The van der Waals surface area contributed by atoms with Crippen LogP contribution in [0.3, 0.4) is 0 Å². The molecular weight excluding hydrogens is 432 g/mol. The summed E-state index contributed by atoms with van der Waals surface area (Å²) < 4.78 is 10.7. The molecule has 0 aliphatic carbocycles. The average molecular weight is 467 g/mol. The number of urea groups is 1. The van der Waals surface area contributed by atoms with Crippen molar-refractivity contribution in [2.24, 2.45) is 0 Å². The Hall–Kier alpha value is -3.26. The second kappa shape index (κ2) is 9.93. The van der Waals surface area contributed by atoms with Crippen LogP contribution in [0.15, 0.2) is 42.5 Å². The number of nitrogens with one attached hydrogen (secondary N) is 2. The van der Waals surface area contributed by atoms with Crippen molar-refractivity contribution in [3.63, 3.8) is 0 Å². The number of nitrogens with zero attached hydrogens (tertiary/aromatic N) is 2. The second-order valence-corrected chi connectivity index (χ2v) is 9.11. The number of hydrogen-bond donors (Lipinski definition) is 2. The van der Waals surface area contributed by atoms with Crippen LogP contribution >= 0.6 is 0 Å². The summed E-state index contributed by atoms with van der Waals surface area (Å²) in [5, 5.41) is 6.51. The van der Waals surface area contributed by atoms with Gasteiger partial charge in [0.1, 0.15) is 0 Å². The standard InChI is InChI=1S/C26H34N4O4/c1-18-5-8-21(9-6-18)27-25(32)29-15-12-26(13-16-29)28-19(2)24(31)30(26)14-11-20-7-10-22(33-3)23(17-20)34-4/h5-10,17,19,28H,11-16H2,1-4H3,(H,27,32)/t19-/m1/s1. The zero-order valence-electron chi connectivity index (χ0n) is 20.4. The van der Waals surface area contributed by atoms with Gasteiger partial charge in [-0.15, -0.1) is 0 Å². The van der Waals surface area contributed by atoms with Gasteiger partial charge >= 0.3 is 6.03 Å². The topological polar surface area (TPSA) is 83.1 Å². The number of ether oxygens (including phenoxy) is 2. The zero-order chi connectivity index (χ0) is 24.3. The molecule has 0 unspecified atom stereocenters. The maximum Gasteiger partial charge on any atom is 0.321 e. The normalized spacial score (nSPS) is 19.4. The summed E-state index contributed by atoms with van der Waals surface area (Å²) in [5.41, 5.74) is 2.59. The van der Waals surface area contributed by atoms with E-state index in [1.165, 1.54) is 0 Å². The first kappa shape index (κ1) is 23.9. The van der Waals surface area contributed by atoms with Crippen LogP contribution in [-0.2, 0) is 11.2 Å². The fourth-order valence-corrected chi connectivity index (χ4v) is 4.92. The minimum atomic E-state index is -0.423. The lowest BCUT2D eigenvalue weighted by atomic mass is 9.95. The van der Waals surface area contributed by atoms with E-state index in [-0.39, 0.29) is 18.0 Å². The summed E-state index contributed by atoms with van der Waals surface area (Å²) in [7, 11) is 3.24. The smallest absolute Gasteiger partial charge is 0.321 e. The van der Waals surface area contributed by atoms with Crippen LogP contribution in [0.1, 0.15) is 30.9 Å². The molecule has 182 valence electrons. The Labute approximate surface area is 201 Å². The van der Waals surface area contributed by atoms with Crippen LogP contribution in [0.25, 0.3) is 0 Å². The minimum Gasteiger partial charge on any atom is -0.493 e. The molecule has 2 aliphatic heterocycles. The lowest BCUT2D eigenvalue weighted by molar-refractivity contribution is -0.133. The van der Waals surface area contributed by atoms with Crippen LogP contribution in [0.2, 0.25) is 0 Å². The van der Waals surface area contributed by atoms with Crippen LogP contribution in [-0.4, -0.2) is 67.3 Å². The highest BCUT2D eigenvalue weighted by Gasteiger charge is 2.50. The molecule has 2 saturated heterocycles. The van der Waals surface area contributed by atoms with Crippen molar-refractivity contribution in [2.75, 3.05) is 39.2 Å². The van der Waals surface area contributed by atoms with Gasteiger partial charge in [-0.05, 0) is 50.1 Å². The van der Waals surface area contributed by atoms with Crippen LogP contribution < -0.4 is 20.1 Å². The van der Waals surface area contributed by atoms with Crippen LogP contribution in [0.4, 0.5) is 10.5 Å². The van der Waals surface area contributed by atoms with Crippen molar-refractivity contribution >= 4 is 17.6 Å². The van der Waals surface area contributed by atoms with Gasteiger partial charge in [0.05, 0.1) is 25.9 Å². The number of anilines is 1. The summed E-state index contributed by atoms with van der Waals surface area (Å²) in [6.45, 7) is 5.69. The monoisotopic (exact) mass is 466 g/mol. The van der Waals surface area contributed by atoms with Gasteiger partial charge < -0.3 is 24.6 Å². The number of rotatable bonds is 6. The fourth-order valence-electron chi connectivity index (χ4n) is 4.92. The predicted molar refractivity (Wildman–Crippen MR) is 131 cm³/mol. The van der Waals surface area contributed by atoms with Crippen LogP contribution in [0.5, 0.6) is 11.5 Å². The Morgan fingerprint density at radius 3 is 2.41 bits per heavy atom. The maximum absolute atomic E-state index is 13.0.